The van der Waals surface area contributed by atoms with Gasteiger partial charge in [-0.15, -0.1) is 0 Å². The van der Waals surface area contributed by atoms with Crippen LogP contribution in [0.1, 0.15) is 30.6 Å². The van der Waals surface area contributed by atoms with E-state index < -0.39 is 0 Å². The predicted molar refractivity (Wildman–Crippen MR) is 104 cm³/mol. The van der Waals surface area contributed by atoms with Crippen molar-refractivity contribution >= 4 is 0 Å². The quantitative estimate of drug-likeness (QED) is 0.912. The van der Waals surface area contributed by atoms with Crippen molar-refractivity contribution in [3.05, 3.63) is 47.7 Å². The van der Waals surface area contributed by atoms with Crippen LogP contribution in [0, 0.1) is 12.3 Å². The second kappa shape index (κ2) is 7.18. The SMILES string of the molecule is Cc1ccc(-c2cccc(CN3CC[C@@]4(CO)CCCN(C)[C@@H]4C3)c2)o1. The van der Waals surface area contributed by atoms with E-state index in [0.29, 0.717) is 12.6 Å². The van der Waals surface area contributed by atoms with Gasteiger partial charge in [-0.1, -0.05) is 18.2 Å². The van der Waals surface area contributed by atoms with Crippen LogP contribution < -0.4 is 0 Å². The molecule has 0 saturated carbocycles. The molecule has 2 aromatic rings. The first-order valence-corrected chi connectivity index (χ1v) is 9.79. The molecule has 0 unspecified atom stereocenters. The van der Waals surface area contributed by atoms with Crippen LogP contribution >= 0.6 is 0 Å². The molecular formula is C22H30N2O2. The van der Waals surface area contributed by atoms with Gasteiger partial charge >= 0.3 is 0 Å². The topological polar surface area (TPSA) is 39.9 Å². The normalized spacial score (nSPS) is 27.4. The van der Waals surface area contributed by atoms with Crippen molar-refractivity contribution in [1.29, 1.82) is 0 Å². The highest BCUT2D eigenvalue weighted by molar-refractivity contribution is 5.58. The number of nitrogens with zero attached hydrogens (tertiary/aromatic N) is 2. The molecule has 1 aromatic carbocycles. The zero-order chi connectivity index (χ0) is 18.1. The van der Waals surface area contributed by atoms with Crippen LogP contribution in [0.2, 0.25) is 0 Å². The van der Waals surface area contributed by atoms with Gasteiger partial charge in [0, 0.05) is 30.1 Å². The molecule has 0 bridgehead atoms. The van der Waals surface area contributed by atoms with Crippen molar-refractivity contribution in [3.63, 3.8) is 0 Å². The zero-order valence-corrected chi connectivity index (χ0v) is 15.9. The molecule has 2 aliphatic heterocycles. The van der Waals surface area contributed by atoms with Gasteiger partial charge in [0.05, 0.1) is 6.61 Å². The highest BCUT2D eigenvalue weighted by Crippen LogP contribution is 2.41. The number of fused-ring (bicyclic) bond motifs is 1. The lowest BCUT2D eigenvalue weighted by Crippen LogP contribution is -2.61. The Labute approximate surface area is 156 Å². The number of likely N-dealkylation sites (N-methyl/N-ethyl adjacent to an activating group) is 1. The maximum absolute atomic E-state index is 10.1. The summed E-state index contributed by atoms with van der Waals surface area (Å²) in [5.41, 5.74) is 2.58. The number of likely N-dealkylation sites (tertiary alicyclic amines) is 2. The highest BCUT2D eigenvalue weighted by Gasteiger charge is 2.46. The molecule has 1 aromatic heterocycles. The maximum Gasteiger partial charge on any atom is 0.134 e. The van der Waals surface area contributed by atoms with Gasteiger partial charge in [-0.05, 0) is 70.1 Å². The first-order chi connectivity index (χ1) is 12.6. The second-order valence-corrected chi connectivity index (χ2v) is 8.22. The Morgan fingerprint density at radius 1 is 1.19 bits per heavy atom. The first-order valence-electron chi connectivity index (χ1n) is 9.79. The van der Waals surface area contributed by atoms with Crippen molar-refractivity contribution in [1.82, 2.24) is 9.80 Å². The maximum atomic E-state index is 10.1. The molecule has 26 heavy (non-hydrogen) atoms. The Morgan fingerprint density at radius 3 is 2.85 bits per heavy atom. The summed E-state index contributed by atoms with van der Waals surface area (Å²) in [6, 6.07) is 13.2. The van der Waals surface area contributed by atoms with Gasteiger partial charge < -0.3 is 14.4 Å². The molecule has 4 nitrogen and oxygen atoms in total. The van der Waals surface area contributed by atoms with E-state index in [-0.39, 0.29) is 5.41 Å². The number of aliphatic hydroxyl groups is 1. The summed E-state index contributed by atoms with van der Waals surface area (Å²) in [6.07, 6.45) is 3.47. The van der Waals surface area contributed by atoms with Gasteiger partial charge in [-0.25, -0.2) is 0 Å². The third kappa shape index (κ3) is 3.34. The lowest BCUT2D eigenvalue weighted by molar-refractivity contribution is -0.0684. The van der Waals surface area contributed by atoms with E-state index in [0.717, 1.165) is 49.7 Å². The van der Waals surface area contributed by atoms with Crippen LogP contribution in [0.25, 0.3) is 11.3 Å². The van der Waals surface area contributed by atoms with Crippen molar-refractivity contribution in [2.75, 3.05) is 33.3 Å². The molecule has 2 saturated heterocycles. The first kappa shape index (κ1) is 17.8. The number of hydrogen-bond donors (Lipinski definition) is 1. The molecule has 2 aliphatic rings. The van der Waals surface area contributed by atoms with E-state index in [2.05, 4.69) is 41.1 Å². The number of piperidine rings is 2. The fourth-order valence-electron chi connectivity index (χ4n) is 4.89. The molecular weight excluding hydrogens is 324 g/mol. The average molecular weight is 354 g/mol. The summed E-state index contributed by atoms with van der Waals surface area (Å²) in [5.74, 6) is 1.89. The fourth-order valence-corrected chi connectivity index (χ4v) is 4.89. The summed E-state index contributed by atoms with van der Waals surface area (Å²) in [6.45, 7) is 6.52. The number of aliphatic hydroxyl groups excluding tert-OH is 1. The number of rotatable bonds is 4. The molecule has 4 rings (SSSR count). The lowest BCUT2D eigenvalue weighted by Gasteiger charge is -2.53. The van der Waals surface area contributed by atoms with E-state index in [1.807, 2.05) is 19.1 Å². The molecule has 0 radical (unpaired) electrons. The number of hydrogen-bond acceptors (Lipinski definition) is 4. The van der Waals surface area contributed by atoms with Gasteiger partial charge in [0.1, 0.15) is 11.5 Å². The Kier molecular flexibility index (Phi) is 4.91. The van der Waals surface area contributed by atoms with E-state index in [1.165, 1.54) is 18.4 Å². The number of furan rings is 1. The molecule has 4 heteroatoms. The Balaban J connectivity index is 1.48. The van der Waals surface area contributed by atoms with Gasteiger partial charge in [-0.2, -0.15) is 0 Å². The molecule has 140 valence electrons. The van der Waals surface area contributed by atoms with E-state index in [4.69, 9.17) is 4.42 Å². The smallest absolute Gasteiger partial charge is 0.134 e. The van der Waals surface area contributed by atoms with Gasteiger partial charge in [0.15, 0.2) is 0 Å². The predicted octanol–water partition coefficient (Wildman–Crippen LogP) is 3.53. The minimum Gasteiger partial charge on any atom is -0.461 e. The minimum absolute atomic E-state index is 0.108. The lowest BCUT2D eigenvalue weighted by atomic mass is 9.69. The molecule has 2 atom stereocenters. The van der Waals surface area contributed by atoms with Crippen LogP contribution in [0.15, 0.2) is 40.8 Å². The molecule has 3 heterocycles. The Hall–Kier alpha value is -1.62. The third-order valence-corrected chi connectivity index (χ3v) is 6.45. The van der Waals surface area contributed by atoms with E-state index in [1.54, 1.807) is 0 Å². The van der Waals surface area contributed by atoms with Crippen LogP contribution in [-0.2, 0) is 6.54 Å². The minimum atomic E-state index is 0.108. The Bertz CT molecular complexity index is 756. The van der Waals surface area contributed by atoms with Gasteiger partial charge in [0.2, 0.25) is 0 Å². The fraction of sp³-hybridized carbons (Fsp3) is 0.545. The summed E-state index contributed by atoms with van der Waals surface area (Å²) in [7, 11) is 2.22. The molecule has 0 amide bonds. The molecule has 1 N–H and O–H groups in total. The van der Waals surface area contributed by atoms with Crippen LogP contribution in [0.5, 0.6) is 0 Å². The van der Waals surface area contributed by atoms with Gasteiger partial charge in [-0.3, -0.25) is 4.90 Å². The van der Waals surface area contributed by atoms with Crippen molar-refractivity contribution in [2.24, 2.45) is 5.41 Å². The van der Waals surface area contributed by atoms with E-state index in [9.17, 15) is 5.11 Å². The van der Waals surface area contributed by atoms with Crippen molar-refractivity contribution in [3.8, 4) is 11.3 Å². The molecule has 0 spiro atoms. The van der Waals surface area contributed by atoms with Crippen molar-refractivity contribution in [2.45, 2.75) is 38.8 Å². The standard InChI is InChI=1S/C22H30N2O2/c1-17-7-8-20(26-17)19-6-3-5-18(13-19)14-24-12-10-22(16-25)9-4-11-23(2)21(22)15-24/h3,5-8,13,21,25H,4,9-12,14-16H2,1-2H3/t21-,22-/m1/s1. The summed E-state index contributed by atoms with van der Waals surface area (Å²) < 4.78 is 5.78. The van der Waals surface area contributed by atoms with Crippen LogP contribution in [0.4, 0.5) is 0 Å². The van der Waals surface area contributed by atoms with E-state index >= 15 is 0 Å². The largest absolute Gasteiger partial charge is 0.461 e. The van der Waals surface area contributed by atoms with Crippen LogP contribution in [-0.4, -0.2) is 54.2 Å². The number of benzene rings is 1. The zero-order valence-electron chi connectivity index (χ0n) is 15.9. The summed E-state index contributed by atoms with van der Waals surface area (Å²) >= 11 is 0. The third-order valence-electron chi connectivity index (χ3n) is 6.45. The number of aryl methyl sites for hydroxylation is 1. The summed E-state index contributed by atoms with van der Waals surface area (Å²) in [5, 5.41) is 10.1. The highest BCUT2D eigenvalue weighted by atomic mass is 16.3. The molecule has 2 fully saturated rings. The summed E-state index contributed by atoms with van der Waals surface area (Å²) in [4.78, 5) is 5.01. The van der Waals surface area contributed by atoms with Crippen molar-refractivity contribution < 1.29 is 9.52 Å². The Morgan fingerprint density at radius 2 is 2.08 bits per heavy atom. The van der Waals surface area contributed by atoms with Gasteiger partial charge in [0.25, 0.3) is 0 Å². The van der Waals surface area contributed by atoms with Crippen LogP contribution in [0.3, 0.4) is 0 Å². The second-order valence-electron chi connectivity index (χ2n) is 8.22. The monoisotopic (exact) mass is 354 g/mol. The molecule has 0 aliphatic carbocycles. The average Bonchev–Trinajstić information content (AvgIpc) is 3.09.